The van der Waals surface area contributed by atoms with Crippen molar-refractivity contribution < 1.29 is 19.2 Å². The third-order valence-electron chi connectivity index (χ3n) is 5.58. The number of nitro groups is 1. The van der Waals surface area contributed by atoms with Gasteiger partial charge >= 0.3 is 6.09 Å². The maximum atomic E-state index is 12.4. The number of anilines is 3. The van der Waals surface area contributed by atoms with Gasteiger partial charge in [-0.25, -0.2) is 14.8 Å². The Morgan fingerprint density at radius 1 is 1.22 bits per heavy atom. The molecule has 36 heavy (non-hydrogen) atoms. The van der Waals surface area contributed by atoms with Crippen LogP contribution in [0.1, 0.15) is 23.3 Å². The van der Waals surface area contributed by atoms with E-state index in [1.165, 1.54) is 24.3 Å². The molecule has 1 saturated heterocycles. The number of piperidine rings is 1. The Morgan fingerprint density at radius 3 is 2.64 bits per heavy atom. The van der Waals surface area contributed by atoms with Crippen LogP contribution < -0.4 is 20.3 Å². The van der Waals surface area contributed by atoms with Gasteiger partial charge in [-0.2, -0.15) is 0 Å². The number of aldehydes is 1. The molecule has 3 aromatic rings. The standard InChI is InChI=1S/C24H24N6O5S/c1-36-20-10-4-16(5-11-20)26-23-21(15-31)25-13-22(28-23)29-12-2-3-17(14-29)27-24(32)35-19-8-6-18(7-9-19)30(33)34/h4-11,13,15,17H,2-3,12,14H2,1H3,(H,26,28)(H,27,32). The van der Waals surface area contributed by atoms with E-state index in [4.69, 9.17) is 4.74 Å². The van der Waals surface area contributed by atoms with Crippen LogP contribution in [0.2, 0.25) is 0 Å². The fraction of sp³-hybridized carbons (Fsp3) is 0.250. The summed E-state index contributed by atoms with van der Waals surface area (Å²) in [4.78, 5) is 46.1. The molecule has 0 bridgehead atoms. The van der Waals surface area contributed by atoms with E-state index in [0.717, 1.165) is 23.4 Å². The SMILES string of the molecule is CSc1ccc(Nc2nc(N3CCCC(NC(=O)Oc4ccc([N+](=O)[O-])cc4)C3)cnc2C=O)cc1. The summed E-state index contributed by atoms with van der Waals surface area (Å²) in [6.45, 7) is 1.19. The minimum atomic E-state index is -0.644. The van der Waals surface area contributed by atoms with E-state index in [-0.39, 0.29) is 23.2 Å². The number of non-ortho nitro benzene ring substituents is 1. The predicted octanol–water partition coefficient (Wildman–Crippen LogP) is 4.42. The van der Waals surface area contributed by atoms with Crippen LogP contribution in [0.15, 0.2) is 59.6 Å². The van der Waals surface area contributed by atoms with E-state index in [1.807, 2.05) is 35.4 Å². The van der Waals surface area contributed by atoms with Gasteiger partial charge < -0.3 is 20.3 Å². The summed E-state index contributed by atoms with van der Waals surface area (Å²) in [6, 6.07) is 12.9. The molecule has 0 aliphatic carbocycles. The number of thioether (sulfide) groups is 1. The molecule has 4 rings (SSSR count). The van der Waals surface area contributed by atoms with Crippen LogP contribution in [-0.4, -0.2) is 52.7 Å². The van der Waals surface area contributed by atoms with Crippen molar-refractivity contribution in [2.24, 2.45) is 0 Å². The molecule has 1 unspecified atom stereocenters. The van der Waals surface area contributed by atoms with Crippen molar-refractivity contribution in [2.75, 3.05) is 29.6 Å². The fourth-order valence-corrected chi connectivity index (χ4v) is 4.18. The summed E-state index contributed by atoms with van der Waals surface area (Å²) in [5, 5.41) is 16.8. The van der Waals surface area contributed by atoms with E-state index in [0.29, 0.717) is 31.0 Å². The number of hydrogen-bond donors (Lipinski definition) is 2. The third kappa shape index (κ3) is 6.27. The molecule has 0 spiro atoms. The van der Waals surface area contributed by atoms with Crippen LogP contribution in [0.3, 0.4) is 0 Å². The van der Waals surface area contributed by atoms with Crippen LogP contribution >= 0.6 is 11.8 Å². The Morgan fingerprint density at radius 2 is 1.97 bits per heavy atom. The van der Waals surface area contributed by atoms with E-state index in [1.54, 1.807) is 18.0 Å². The molecule has 2 heterocycles. The Bertz CT molecular complexity index is 1240. The normalized spacial score (nSPS) is 15.1. The fourth-order valence-electron chi connectivity index (χ4n) is 3.77. The van der Waals surface area contributed by atoms with Crippen molar-refractivity contribution in [2.45, 2.75) is 23.8 Å². The number of nitrogens with one attached hydrogen (secondary N) is 2. The second-order valence-electron chi connectivity index (χ2n) is 8.00. The average Bonchev–Trinajstić information content (AvgIpc) is 2.89. The van der Waals surface area contributed by atoms with Crippen LogP contribution in [0.4, 0.5) is 27.8 Å². The van der Waals surface area contributed by atoms with Gasteiger partial charge in [0.1, 0.15) is 17.3 Å². The van der Waals surface area contributed by atoms with Crippen molar-refractivity contribution in [1.82, 2.24) is 15.3 Å². The lowest BCUT2D eigenvalue weighted by Crippen LogP contribution is -2.48. The highest BCUT2D eigenvalue weighted by molar-refractivity contribution is 7.98. The van der Waals surface area contributed by atoms with E-state index in [2.05, 4.69) is 20.6 Å². The number of carbonyl (C=O) groups is 2. The van der Waals surface area contributed by atoms with Crippen LogP contribution in [-0.2, 0) is 0 Å². The number of carbonyl (C=O) groups excluding carboxylic acids is 2. The van der Waals surface area contributed by atoms with Crippen LogP contribution in [0, 0.1) is 10.1 Å². The van der Waals surface area contributed by atoms with Crippen molar-refractivity contribution in [3.05, 3.63) is 70.5 Å². The summed E-state index contributed by atoms with van der Waals surface area (Å²) in [6.07, 6.45) is 5.11. The number of nitrogens with zero attached hydrogens (tertiary/aromatic N) is 4. The minimum Gasteiger partial charge on any atom is -0.410 e. The first-order valence-electron chi connectivity index (χ1n) is 11.2. The molecule has 1 aromatic heterocycles. The maximum absolute atomic E-state index is 12.4. The first-order valence-corrected chi connectivity index (χ1v) is 12.4. The van der Waals surface area contributed by atoms with Gasteiger partial charge in [0, 0.05) is 41.8 Å². The van der Waals surface area contributed by atoms with Gasteiger partial charge in [0.2, 0.25) is 0 Å². The van der Waals surface area contributed by atoms with E-state index < -0.39 is 11.0 Å². The van der Waals surface area contributed by atoms with E-state index >= 15 is 0 Å². The molecule has 12 heteroatoms. The predicted molar refractivity (Wildman–Crippen MR) is 136 cm³/mol. The van der Waals surface area contributed by atoms with E-state index in [9.17, 15) is 19.7 Å². The van der Waals surface area contributed by atoms with Crippen molar-refractivity contribution in [3.63, 3.8) is 0 Å². The molecule has 186 valence electrons. The lowest BCUT2D eigenvalue weighted by atomic mass is 10.1. The Hall–Kier alpha value is -4.19. The summed E-state index contributed by atoms with van der Waals surface area (Å²) in [5.41, 5.74) is 0.902. The number of hydrogen-bond acceptors (Lipinski definition) is 10. The monoisotopic (exact) mass is 508 g/mol. The Balaban J connectivity index is 1.40. The minimum absolute atomic E-state index is 0.0850. The van der Waals surface area contributed by atoms with Gasteiger partial charge in [-0.05, 0) is 55.5 Å². The zero-order valence-corrected chi connectivity index (χ0v) is 20.2. The molecule has 1 amide bonds. The lowest BCUT2D eigenvalue weighted by Gasteiger charge is -2.33. The van der Waals surface area contributed by atoms with Crippen molar-refractivity contribution >= 4 is 47.2 Å². The van der Waals surface area contributed by atoms with Crippen LogP contribution in [0.5, 0.6) is 5.75 Å². The summed E-state index contributed by atoms with van der Waals surface area (Å²) >= 11 is 1.64. The highest BCUT2D eigenvalue weighted by Gasteiger charge is 2.24. The smallest absolute Gasteiger partial charge is 0.410 e. The molecule has 1 aliphatic rings. The first-order chi connectivity index (χ1) is 17.4. The highest BCUT2D eigenvalue weighted by atomic mass is 32.2. The average molecular weight is 509 g/mol. The summed E-state index contributed by atoms with van der Waals surface area (Å²) in [7, 11) is 0. The van der Waals surface area contributed by atoms with Gasteiger partial charge in [-0.1, -0.05) is 0 Å². The zero-order chi connectivity index (χ0) is 25.5. The quantitative estimate of drug-likeness (QED) is 0.194. The van der Waals surface area contributed by atoms with Crippen LogP contribution in [0.25, 0.3) is 0 Å². The highest BCUT2D eigenvalue weighted by Crippen LogP contribution is 2.24. The first kappa shape index (κ1) is 24.9. The largest absolute Gasteiger partial charge is 0.412 e. The molecule has 2 aromatic carbocycles. The Labute approximate surface area is 211 Å². The Kier molecular flexibility index (Phi) is 7.95. The number of benzene rings is 2. The lowest BCUT2D eigenvalue weighted by molar-refractivity contribution is -0.384. The molecule has 2 N–H and O–H groups in total. The number of aromatic nitrogens is 2. The summed E-state index contributed by atoms with van der Waals surface area (Å²) in [5.74, 6) is 1.15. The zero-order valence-electron chi connectivity index (χ0n) is 19.4. The molecule has 1 fully saturated rings. The van der Waals surface area contributed by atoms with Gasteiger partial charge in [0.15, 0.2) is 12.1 Å². The summed E-state index contributed by atoms with van der Waals surface area (Å²) < 4.78 is 5.26. The molecule has 1 aliphatic heterocycles. The molecule has 0 radical (unpaired) electrons. The van der Waals surface area contributed by atoms with Gasteiger partial charge in [-0.15, -0.1) is 11.8 Å². The molecular weight excluding hydrogens is 484 g/mol. The second-order valence-corrected chi connectivity index (χ2v) is 8.88. The second kappa shape index (κ2) is 11.5. The number of rotatable bonds is 8. The van der Waals surface area contributed by atoms with Gasteiger partial charge in [0.05, 0.1) is 11.1 Å². The maximum Gasteiger partial charge on any atom is 0.412 e. The topological polar surface area (TPSA) is 140 Å². The molecule has 1 atom stereocenters. The molecule has 11 nitrogen and oxygen atoms in total. The number of nitro benzene ring substituents is 1. The van der Waals surface area contributed by atoms with Gasteiger partial charge in [0.25, 0.3) is 5.69 Å². The molecule has 0 saturated carbocycles. The molecular formula is C24H24N6O5S. The van der Waals surface area contributed by atoms with Crippen molar-refractivity contribution in [1.29, 1.82) is 0 Å². The van der Waals surface area contributed by atoms with Gasteiger partial charge in [-0.3, -0.25) is 14.9 Å². The number of ether oxygens (including phenoxy) is 1. The van der Waals surface area contributed by atoms with Crippen molar-refractivity contribution in [3.8, 4) is 5.75 Å². The number of amides is 1. The third-order valence-corrected chi connectivity index (χ3v) is 6.32.